The molecule has 0 bridgehead atoms. The highest BCUT2D eigenvalue weighted by Gasteiger charge is 2.49. The summed E-state index contributed by atoms with van der Waals surface area (Å²) in [6.07, 6.45) is 14.9. The van der Waals surface area contributed by atoms with Gasteiger partial charge in [-0.1, -0.05) is 31.4 Å². The molecule has 0 saturated heterocycles. The summed E-state index contributed by atoms with van der Waals surface area (Å²) in [5.41, 5.74) is 6.52. The summed E-state index contributed by atoms with van der Waals surface area (Å²) in [6.45, 7) is 14.7. The molecule has 6 nitrogen and oxygen atoms in total. The first-order valence-corrected chi connectivity index (χ1v) is 14.7. The number of aromatic nitrogens is 2. The third-order valence-corrected chi connectivity index (χ3v) is 10.6. The van der Waals surface area contributed by atoms with Crippen molar-refractivity contribution in [2.24, 2.45) is 0 Å². The second-order valence-corrected chi connectivity index (χ2v) is 12.3. The Bertz CT molecular complexity index is 1490. The number of nitrogens with zero attached hydrogens (tertiary/aromatic N) is 6. The molecule has 186 valence electrons. The third kappa shape index (κ3) is 3.85. The zero-order valence-electron chi connectivity index (χ0n) is 20.9. The van der Waals surface area contributed by atoms with Crippen molar-refractivity contribution in [2.45, 2.75) is 76.0 Å². The molecule has 2 aromatic heterocycles. The Labute approximate surface area is 230 Å². The van der Waals surface area contributed by atoms with Crippen molar-refractivity contribution in [2.75, 3.05) is 0 Å². The van der Waals surface area contributed by atoms with E-state index in [2.05, 4.69) is 21.8 Å². The van der Waals surface area contributed by atoms with Crippen LogP contribution in [-0.2, 0) is 5.41 Å². The summed E-state index contributed by atoms with van der Waals surface area (Å²) in [5.74, 6) is 0. The van der Waals surface area contributed by atoms with Crippen LogP contribution in [0.15, 0.2) is 34.7 Å². The van der Waals surface area contributed by atoms with Crippen LogP contribution >= 0.6 is 22.7 Å². The van der Waals surface area contributed by atoms with Gasteiger partial charge in [-0.05, 0) is 73.7 Å². The standard InChI is InChI=1S/C30H24N6S2/c1-33-22(16-31)18-8-6-10-20(14-18)28-35-26-24(37-28)25-27(30(26)12-4-3-5-13-30)36-29(38-25)21-11-7-9-19(15-21)23(17-32)34-2/h14-15H,3-13H2/b22-18-,23-19+. The molecule has 0 N–H and O–H groups in total. The highest BCUT2D eigenvalue weighted by atomic mass is 32.1. The van der Waals surface area contributed by atoms with E-state index in [1.807, 2.05) is 12.2 Å². The molecule has 4 aliphatic rings. The van der Waals surface area contributed by atoms with E-state index in [1.54, 1.807) is 22.7 Å². The Morgan fingerprint density at radius 1 is 0.737 bits per heavy atom. The highest BCUT2D eigenvalue weighted by molar-refractivity contribution is 7.23. The lowest BCUT2D eigenvalue weighted by Crippen LogP contribution is -2.29. The lowest BCUT2D eigenvalue weighted by molar-refractivity contribution is 0.340. The van der Waals surface area contributed by atoms with Crippen LogP contribution in [0.1, 0.15) is 92.0 Å². The van der Waals surface area contributed by atoms with Crippen LogP contribution in [0.3, 0.4) is 0 Å². The number of hydrogen-bond donors (Lipinski definition) is 0. The van der Waals surface area contributed by atoms with Gasteiger partial charge in [0.2, 0.25) is 0 Å². The van der Waals surface area contributed by atoms with Gasteiger partial charge >= 0.3 is 0 Å². The molecular weight excluding hydrogens is 509 g/mol. The molecule has 8 heteroatoms. The predicted octanol–water partition coefficient (Wildman–Crippen LogP) is 8.36. The Morgan fingerprint density at radius 2 is 1.21 bits per heavy atom. The maximum absolute atomic E-state index is 9.38. The molecule has 2 aromatic rings. The van der Waals surface area contributed by atoms with Crippen molar-refractivity contribution in [3.05, 3.63) is 78.9 Å². The van der Waals surface area contributed by atoms with Gasteiger partial charge in [0.05, 0.1) is 51.8 Å². The summed E-state index contributed by atoms with van der Waals surface area (Å²) >= 11 is 3.47. The van der Waals surface area contributed by atoms with E-state index in [9.17, 15) is 10.5 Å². The van der Waals surface area contributed by atoms with Gasteiger partial charge in [-0.2, -0.15) is 0 Å². The van der Waals surface area contributed by atoms with Crippen LogP contribution < -0.4 is 0 Å². The number of allylic oxidation sites excluding steroid dienone is 8. The SMILES string of the molecule is [C-]#[N+]/C(C#N)=C1\C=C(c2nc3c(s2)-c2sc(C4=C/C(=C(\C#N)[N+]#[C-])CCC4)nc2C32CCCCC2)CCC1. The largest absolute Gasteiger partial charge is 0.265 e. The predicted molar refractivity (Wildman–Crippen MR) is 149 cm³/mol. The third-order valence-electron chi connectivity index (χ3n) is 8.15. The van der Waals surface area contributed by atoms with E-state index >= 15 is 0 Å². The minimum absolute atomic E-state index is 0.142. The topological polar surface area (TPSA) is 82.1 Å². The minimum atomic E-state index is -0.142. The van der Waals surface area contributed by atoms with Crippen molar-refractivity contribution >= 4 is 33.8 Å². The lowest BCUT2D eigenvalue weighted by Gasteiger charge is -2.32. The van der Waals surface area contributed by atoms with Gasteiger partial charge < -0.3 is 0 Å². The van der Waals surface area contributed by atoms with Crippen LogP contribution in [0.25, 0.3) is 30.6 Å². The minimum Gasteiger partial charge on any atom is -0.240 e. The van der Waals surface area contributed by atoms with Gasteiger partial charge in [0.1, 0.15) is 10.0 Å². The summed E-state index contributed by atoms with van der Waals surface area (Å²) in [7, 11) is 0. The van der Waals surface area contributed by atoms with E-state index < -0.39 is 0 Å². The van der Waals surface area contributed by atoms with E-state index in [4.69, 9.17) is 23.1 Å². The Balaban J connectivity index is 1.46. The number of rotatable bonds is 2. The average molecular weight is 533 g/mol. The molecule has 0 unspecified atom stereocenters. The Morgan fingerprint density at radius 3 is 1.63 bits per heavy atom. The second kappa shape index (κ2) is 9.81. The average Bonchev–Trinajstić information content (AvgIpc) is 3.65. The summed E-state index contributed by atoms with van der Waals surface area (Å²) in [6, 6.07) is 4.12. The normalized spacial score (nSPS) is 22.1. The fourth-order valence-corrected chi connectivity index (χ4v) is 8.86. The van der Waals surface area contributed by atoms with Crippen molar-refractivity contribution in [3.63, 3.8) is 0 Å². The first-order valence-electron chi connectivity index (χ1n) is 13.1. The zero-order chi connectivity index (χ0) is 26.3. The molecule has 4 aliphatic carbocycles. The van der Waals surface area contributed by atoms with Crippen molar-refractivity contribution in [3.8, 4) is 21.9 Å². The van der Waals surface area contributed by atoms with Gasteiger partial charge in [0.15, 0.2) is 0 Å². The molecule has 1 saturated carbocycles. The molecule has 0 radical (unpaired) electrons. The van der Waals surface area contributed by atoms with Crippen LogP contribution in [0, 0.1) is 35.8 Å². The van der Waals surface area contributed by atoms with Gasteiger partial charge in [-0.3, -0.25) is 0 Å². The summed E-state index contributed by atoms with van der Waals surface area (Å²) in [5, 5.41) is 20.8. The number of thiazole rings is 2. The molecule has 1 fully saturated rings. The molecule has 38 heavy (non-hydrogen) atoms. The van der Waals surface area contributed by atoms with Gasteiger partial charge in [0, 0.05) is 0 Å². The maximum Gasteiger partial charge on any atom is 0.265 e. The number of hydrogen-bond acceptors (Lipinski definition) is 6. The maximum atomic E-state index is 9.38. The molecule has 6 rings (SSSR count). The van der Waals surface area contributed by atoms with Gasteiger partial charge in [-0.15, -0.1) is 22.7 Å². The smallest absolute Gasteiger partial charge is 0.240 e. The summed E-state index contributed by atoms with van der Waals surface area (Å²) < 4.78 is 0. The Hall–Kier alpha value is -3.82. The van der Waals surface area contributed by atoms with E-state index in [0.717, 1.165) is 96.5 Å². The number of nitriles is 2. The van der Waals surface area contributed by atoms with E-state index in [1.165, 1.54) is 27.6 Å². The molecule has 0 amide bonds. The molecule has 1 spiro atoms. The summed E-state index contributed by atoms with van der Waals surface area (Å²) in [4.78, 5) is 19.9. The van der Waals surface area contributed by atoms with Gasteiger partial charge in [-0.25, -0.2) is 30.2 Å². The zero-order valence-corrected chi connectivity index (χ0v) is 22.6. The molecule has 0 aliphatic heterocycles. The molecular formula is C30H24N6S2. The van der Waals surface area contributed by atoms with Crippen LogP contribution in [0.5, 0.6) is 0 Å². The Kier molecular flexibility index (Phi) is 6.33. The molecule has 0 atom stereocenters. The first kappa shape index (κ1) is 24.5. The fraction of sp³-hybridized carbons (Fsp3) is 0.400. The van der Waals surface area contributed by atoms with Crippen molar-refractivity contribution in [1.29, 1.82) is 10.5 Å². The molecule has 0 aromatic carbocycles. The second-order valence-electron chi connectivity index (χ2n) is 10.3. The van der Waals surface area contributed by atoms with Crippen molar-refractivity contribution < 1.29 is 0 Å². The van der Waals surface area contributed by atoms with Crippen LogP contribution in [0.4, 0.5) is 0 Å². The molecule has 2 heterocycles. The quantitative estimate of drug-likeness (QED) is 0.287. The first-order chi connectivity index (χ1) is 18.6. The van der Waals surface area contributed by atoms with Crippen molar-refractivity contribution in [1.82, 2.24) is 9.97 Å². The number of fused-ring (bicyclic) bond motifs is 5. The van der Waals surface area contributed by atoms with Crippen LogP contribution in [-0.4, -0.2) is 9.97 Å². The fourth-order valence-electron chi connectivity index (χ4n) is 6.31. The van der Waals surface area contributed by atoms with E-state index in [0.29, 0.717) is 0 Å². The lowest BCUT2D eigenvalue weighted by atomic mass is 9.72. The highest BCUT2D eigenvalue weighted by Crippen LogP contribution is 2.59. The monoisotopic (exact) mass is 532 g/mol. The van der Waals surface area contributed by atoms with E-state index in [-0.39, 0.29) is 16.8 Å². The van der Waals surface area contributed by atoms with Gasteiger partial charge in [0.25, 0.3) is 11.4 Å². The van der Waals surface area contributed by atoms with Crippen LogP contribution in [0.2, 0.25) is 0 Å².